The summed E-state index contributed by atoms with van der Waals surface area (Å²) in [4.78, 5) is 48.0. The zero-order valence-corrected chi connectivity index (χ0v) is 16.3. The molecular weight excluding hydrogens is 400 g/mol. The number of non-ortho nitro benzene ring substituents is 1. The lowest BCUT2D eigenvalue weighted by Gasteiger charge is -2.23. The van der Waals surface area contributed by atoms with E-state index in [1.807, 2.05) is 0 Å². The molecule has 31 heavy (non-hydrogen) atoms. The summed E-state index contributed by atoms with van der Waals surface area (Å²) in [5.41, 5.74) is 0.629. The highest BCUT2D eigenvalue weighted by atomic mass is 16.6. The third kappa shape index (κ3) is 5.05. The van der Waals surface area contributed by atoms with Crippen LogP contribution in [0, 0.1) is 26.1 Å². The van der Waals surface area contributed by atoms with Crippen molar-refractivity contribution in [2.24, 2.45) is 5.92 Å². The SMILES string of the molecule is O=C(c1ccccc1)C(C(=O)c1ccccc1)[C@H](C[N+](=O)[O-])c1ccc([N+](=O)[O-])cc1. The highest BCUT2D eigenvalue weighted by Crippen LogP contribution is 2.32. The predicted molar refractivity (Wildman–Crippen MR) is 113 cm³/mol. The second-order valence-electron chi connectivity index (χ2n) is 6.91. The van der Waals surface area contributed by atoms with E-state index in [0.717, 1.165) is 0 Å². The first-order valence-corrected chi connectivity index (χ1v) is 9.43. The lowest BCUT2D eigenvalue weighted by atomic mass is 9.77. The molecule has 0 bridgehead atoms. The van der Waals surface area contributed by atoms with Crippen LogP contribution >= 0.6 is 0 Å². The van der Waals surface area contributed by atoms with Gasteiger partial charge in [0.15, 0.2) is 11.6 Å². The molecule has 0 heterocycles. The maximum absolute atomic E-state index is 13.4. The van der Waals surface area contributed by atoms with Crippen LogP contribution in [0.2, 0.25) is 0 Å². The number of hydrogen-bond acceptors (Lipinski definition) is 6. The summed E-state index contributed by atoms with van der Waals surface area (Å²) in [7, 11) is 0. The fourth-order valence-electron chi connectivity index (χ4n) is 3.46. The smallest absolute Gasteiger partial charge is 0.269 e. The van der Waals surface area contributed by atoms with Gasteiger partial charge in [-0.05, 0) is 5.56 Å². The van der Waals surface area contributed by atoms with Gasteiger partial charge in [-0.15, -0.1) is 0 Å². The van der Waals surface area contributed by atoms with Crippen LogP contribution in [0.15, 0.2) is 84.9 Å². The second-order valence-corrected chi connectivity index (χ2v) is 6.91. The number of nitro benzene ring substituents is 1. The van der Waals surface area contributed by atoms with Crippen LogP contribution in [0.1, 0.15) is 32.2 Å². The zero-order chi connectivity index (χ0) is 22.4. The summed E-state index contributed by atoms with van der Waals surface area (Å²) in [6.07, 6.45) is 0. The van der Waals surface area contributed by atoms with Gasteiger partial charge >= 0.3 is 0 Å². The molecule has 156 valence electrons. The molecule has 0 fully saturated rings. The Kier molecular flexibility index (Phi) is 6.61. The van der Waals surface area contributed by atoms with E-state index in [4.69, 9.17) is 0 Å². The Bertz CT molecular complexity index is 1050. The van der Waals surface area contributed by atoms with E-state index >= 15 is 0 Å². The Morgan fingerprint density at radius 3 is 1.55 bits per heavy atom. The van der Waals surface area contributed by atoms with Gasteiger partial charge in [0, 0.05) is 28.2 Å². The zero-order valence-electron chi connectivity index (χ0n) is 16.3. The minimum atomic E-state index is -1.36. The van der Waals surface area contributed by atoms with Gasteiger partial charge < -0.3 is 0 Å². The third-order valence-corrected chi connectivity index (χ3v) is 4.96. The van der Waals surface area contributed by atoms with Gasteiger partial charge in [-0.1, -0.05) is 72.8 Å². The maximum Gasteiger partial charge on any atom is 0.269 e. The molecule has 8 heteroatoms. The fraction of sp³-hybridized carbons (Fsp3) is 0.130. The molecule has 0 unspecified atom stereocenters. The lowest BCUT2D eigenvalue weighted by Crippen LogP contribution is -2.34. The molecule has 3 aromatic rings. The van der Waals surface area contributed by atoms with E-state index in [0.29, 0.717) is 5.56 Å². The van der Waals surface area contributed by atoms with Crippen molar-refractivity contribution in [1.82, 2.24) is 0 Å². The van der Waals surface area contributed by atoms with Crippen LogP contribution in [-0.4, -0.2) is 28.0 Å². The van der Waals surface area contributed by atoms with E-state index in [1.165, 1.54) is 24.3 Å². The fourth-order valence-corrected chi connectivity index (χ4v) is 3.46. The van der Waals surface area contributed by atoms with Crippen molar-refractivity contribution in [2.75, 3.05) is 6.54 Å². The number of Topliss-reactive ketones (excluding diaryl/α,β-unsaturated/α-hetero) is 2. The van der Waals surface area contributed by atoms with Gasteiger partial charge in [-0.2, -0.15) is 0 Å². The molecule has 0 aliphatic heterocycles. The average Bonchev–Trinajstić information content (AvgIpc) is 2.79. The summed E-state index contributed by atoms with van der Waals surface area (Å²) in [6.45, 7) is -0.681. The number of nitrogens with zero attached hydrogens (tertiary/aromatic N) is 2. The first kappa shape index (κ1) is 21.5. The maximum atomic E-state index is 13.4. The van der Waals surface area contributed by atoms with Crippen LogP contribution in [0.5, 0.6) is 0 Å². The molecule has 0 saturated carbocycles. The van der Waals surface area contributed by atoms with Crippen LogP contribution in [0.3, 0.4) is 0 Å². The molecule has 3 rings (SSSR count). The molecule has 8 nitrogen and oxygen atoms in total. The number of nitro groups is 2. The van der Waals surface area contributed by atoms with Gasteiger partial charge in [-0.25, -0.2) is 0 Å². The molecule has 0 amide bonds. The molecule has 0 N–H and O–H groups in total. The van der Waals surface area contributed by atoms with Crippen LogP contribution in [-0.2, 0) is 0 Å². The van der Waals surface area contributed by atoms with Crippen molar-refractivity contribution in [3.8, 4) is 0 Å². The largest absolute Gasteiger partial charge is 0.293 e. The van der Waals surface area contributed by atoms with E-state index < -0.39 is 39.8 Å². The second kappa shape index (κ2) is 9.53. The highest BCUT2D eigenvalue weighted by molar-refractivity contribution is 6.16. The van der Waals surface area contributed by atoms with Crippen LogP contribution in [0.25, 0.3) is 0 Å². The number of benzene rings is 3. The van der Waals surface area contributed by atoms with Gasteiger partial charge in [-0.3, -0.25) is 29.8 Å². The first-order valence-electron chi connectivity index (χ1n) is 9.43. The predicted octanol–water partition coefficient (Wildman–Crippen LogP) is 4.34. The molecule has 0 radical (unpaired) electrons. The Labute approximate surface area is 177 Å². The van der Waals surface area contributed by atoms with Gasteiger partial charge in [0.1, 0.15) is 0 Å². The number of rotatable bonds is 9. The summed E-state index contributed by atoms with van der Waals surface area (Å²) in [5.74, 6) is -3.55. The molecular formula is C23H18N2O6. The van der Waals surface area contributed by atoms with Crippen LogP contribution < -0.4 is 0 Å². The Balaban J connectivity index is 2.12. The van der Waals surface area contributed by atoms with Crippen molar-refractivity contribution < 1.29 is 19.4 Å². The van der Waals surface area contributed by atoms with Gasteiger partial charge in [0.2, 0.25) is 6.54 Å². The lowest BCUT2D eigenvalue weighted by molar-refractivity contribution is -0.484. The molecule has 0 aromatic heterocycles. The molecule has 0 spiro atoms. The van der Waals surface area contributed by atoms with E-state index in [-0.39, 0.29) is 16.8 Å². The molecule has 0 aliphatic rings. The number of carbonyl (C=O) groups excluding carboxylic acids is 2. The van der Waals surface area contributed by atoms with E-state index in [1.54, 1.807) is 60.7 Å². The quantitative estimate of drug-likeness (QED) is 0.221. The number of hydrogen-bond donors (Lipinski definition) is 0. The van der Waals surface area contributed by atoms with Crippen molar-refractivity contribution in [1.29, 1.82) is 0 Å². The highest BCUT2D eigenvalue weighted by Gasteiger charge is 2.39. The van der Waals surface area contributed by atoms with Gasteiger partial charge in [0.05, 0.1) is 16.8 Å². The Morgan fingerprint density at radius 2 is 1.16 bits per heavy atom. The first-order chi connectivity index (χ1) is 14.9. The summed E-state index contributed by atoms with van der Waals surface area (Å²) >= 11 is 0. The van der Waals surface area contributed by atoms with Gasteiger partial charge in [0.25, 0.3) is 5.69 Å². The van der Waals surface area contributed by atoms with Crippen LogP contribution in [0.4, 0.5) is 5.69 Å². The minimum absolute atomic E-state index is 0.191. The topological polar surface area (TPSA) is 120 Å². The average molecular weight is 418 g/mol. The monoisotopic (exact) mass is 418 g/mol. The van der Waals surface area contributed by atoms with Crippen molar-refractivity contribution >= 4 is 17.3 Å². The summed E-state index contributed by atoms with van der Waals surface area (Å²) in [6, 6.07) is 21.3. The third-order valence-electron chi connectivity index (χ3n) is 4.96. The Hall–Kier alpha value is -4.20. The standard InChI is InChI=1S/C23H18N2O6/c26-22(17-7-3-1-4-8-17)21(23(27)18-9-5-2-6-10-18)20(15-24(28)29)16-11-13-19(14-12-16)25(30)31/h1-14,20-21H,15H2/t20-/m1/s1. The number of carbonyl (C=O) groups is 2. The van der Waals surface area contributed by atoms with Crippen molar-refractivity contribution in [2.45, 2.75) is 5.92 Å². The summed E-state index contributed by atoms with van der Waals surface area (Å²) in [5, 5.41) is 22.4. The van der Waals surface area contributed by atoms with E-state index in [2.05, 4.69) is 0 Å². The Morgan fingerprint density at radius 1 is 0.710 bits per heavy atom. The van der Waals surface area contributed by atoms with E-state index in [9.17, 15) is 29.8 Å². The van der Waals surface area contributed by atoms with Crippen molar-refractivity contribution in [3.63, 3.8) is 0 Å². The van der Waals surface area contributed by atoms with Crippen molar-refractivity contribution in [3.05, 3.63) is 122 Å². The normalized spacial score (nSPS) is 11.6. The molecule has 1 atom stereocenters. The minimum Gasteiger partial charge on any atom is -0.293 e. The molecule has 3 aromatic carbocycles. The molecule has 0 saturated heterocycles. The number of ketones is 2. The molecule has 0 aliphatic carbocycles. The summed E-state index contributed by atoms with van der Waals surface area (Å²) < 4.78 is 0.